The van der Waals surface area contributed by atoms with Crippen LogP contribution in [0.2, 0.25) is 0 Å². The van der Waals surface area contributed by atoms with Gasteiger partial charge in [0.05, 0.1) is 17.3 Å². The first-order chi connectivity index (χ1) is 13.6. The molecule has 0 aliphatic carbocycles. The van der Waals surface area contributed by atoms with Gasteiger partial charge in [-0.15, -0.1) is 0 Å². The Labute approximate surface area is 166 Å². The zero-order chi connectivity index (χ0) is 19.6. The van der Waals surface area contributed by atoms with Gasteiger partial charge in [0.15, 0.2) is 0 Å². The highest BCUT2D eigenvalue weighted by atomic mass is 16.2. The van der Waals surface area contributed by atoms with Gasteiger partial charge in [-0.3, -0.25) is 14.7 Å². The van der Waals surface area contributed by atoms with Crippen molar-refractivity contribution in [1.29, 1.82) is 5.26 Å². The number of nitriles is 1. The predicted octanol–water partition coefficient (Wildman–Crippen LogP) is 3.39. The van der Waals surface area contributed by atoms with Crippen LogP contribution < -0.4 is 0 Å². The quantitative estimate of drug-likeness (QED) is 0.826. The van der Waals surface area contributed by atoms with Gasteiger partial charge in [0.25, 0.3) is 5.91 Å². The van der Waals surface area contributed by atoms with E-state index in [0.29, 0.717) is 11.1 Å². The van der Waals surface area contributed by atoms with Crippen molar-refractivity contribution in [2.24, 2.45) is 5.41 Å². The molecule has 2 aromatic rings. The number of carbonyl (C=O) groups excluding carboxylic acids is 1. The molecule has 0 saturated carbocycles. The second-order valence-corrected chi connectivity index (χ2v) is 8.25. The maximum absolute atomic E-state index is 12.9. The first-order valence-electron chi connectivity index (χ1n) is 10.0. The Kier molecular flexibility index (Phi) is 5.15. The highest BCUT2D eigenvalue weighted by Gasteiger charge is 2.42. The number of benzene rings is 1. The van der Waals surface area contributed by atoms with Crippen LogP contribution in [-0.2, 0) is 6.54 Å². The summed E-state index contributed by atoms with van der Waals surface area (Å²) in [4.78, 5) is 22.1. The summed E-state index contributed by atoms with van der Waals surface area (Å²) in [7, 11) is 0. The summed E-state index contributed by atoms with van der Waals surface area (Å²) >= 11 is 0. The summed E-state index contributed by atoms with van der Waals surface area (Å²) in [5.74, 6) is 0.0476. The zero-order valence-electron chi connectivity index (χ0n) is 16.4. The van der Waals surface area contributed by atoms with E-state index in [-0.39, 0.29) is 11.3 Å². The number of rotatable bonds is 3. The Hall–Kier alpha value is -2.71. The maximum Gasteiger partial charge on any atom is 0.253 e. The molecule has 0 radical (unpaired) electrons. The van der Waals surface area contributed by atoms with Crippen LogP contribution in [0.1, 0.15) is 46.6 Å². The van der Waals surface area contributed by atoms with Crippen molar-refractivity contribution in [3.05, 3.63) is 65.0 Å². The fourth-order valence-corrected chi connectivity index (χ4v) is 4.71. The standard InChI is InChI=1S/C23H26N4O/c1-18-5-2-8-21(25-18)15-26-11-4-9-23(16-26)10-12-27(17-23)22(28)20-7-3-6-19(13-20)14-24/h2-3,5-8,13H,4,9-12,15-17H2,1H3. The highest BCUT2D eigenvalue weighted by Crippen LogP contribution is 2.39. The van der Waals surface area contributed by atoms with Gasteiger partial charge in [-0.05, 0) is 63.1 Å². The average molecular weight is 374 g/mol. The molecule has 4 rings (SSSR count). The van der Waals surface area contributed by atoms with E-state index in [1.54, 1.807) is 18.2 Å². The largest absolute Gasteiger partial charge is 0.338 e. The third-order valence-electron chi connectivity index (χ3n) is 6.04. The minimum absolute atomic E-state index is 0.0476. The summed E-state index contributed by atoms with van der Waals surface area (Å²) in [5.41, 5.74) is 3.52. The lowest BCUT2D eigenvalue weighted by Gasteiger charge is -2.40. The molecule has 28 heavy (non-hydrogen) atoms. The van der Waals surface area contributed by atoms with Gasteiger partial charge in [-0.1, -0.05) is 12.1 Å². The van der Waals surface area contributed by atoms with E-state index >= 15 is 0 Å². The lowest BCUT2D eigenvalue weighted by Crippen LogP contribution is -2.45. The van der Waals surface area contributed by atoms with Crippen molar-refractivity contribution in [1.82, 2.24) is 14.8 Å². The number of pyridine rings is 1. The third kappa shape index (κ3) is 3.93. The molecule has 0 bridgehead atoms. The molecule has 2 aliphatic rings. The smallest absolute Gasteiger partial charge is 0.253 e. The van der Waals surface area contributed by atoms with Crippen molar-refractivity contribution in [2.75, 3.05) is 26.2 Å². The minimum Gasteiger partial charge on any atom is -0.338 e. The first-order valence-corrected chi connectivity index (χ1v) is 10.0. The number of aryl methyl sites for hydroxylation is 1. The monoisotopic (exact) mass is 374 g/mol. The minimum atomic E-state index is 0.0476. The topological polar surface area (TPSA) is 60.2 Å². The number of hydrogen-bond donors (Lipinski definition) is 0. The van der Waals surface area contributed by atoms with Crippen molar-refractivity contribution in [2.45, 2.75) is 32.7 Å². The Balaban J connectivity index is 1.43. The van der Waals surface area contributed by atoms with Crippen molar-refractivity contribution >= 4 is 5.91 Å². The molecule has 5 nitrogen and oxygen atoms in total. The summed E-state index contributed by atoms with van der Waals surface area (Å²) in [6.07, 6.45) is 3.39. The molecule has 1 aromatic carbocycles. The molecule has 1 amide bonds. The Morgan fingerprint density at radius 3 is 2.86 bits per heavy atom. The fraction of sp³-hybridized carbons (Fsp3) is 0.435. The molecular weight excluding hydrogens is 348 g/mol. The second-order valence-electron chi connectivity index (χ2n) is 8.25. The summed E-state index contributed by atoms with van der Waals surface area (Å²) < 4.78 is 0. The van der Waals surface area contributed by atoms with Crippen molar-refractivity contribution in [3.8, 4) is 6.07 Å². The van der Waals surface area contributed by atoms with Crippen LogP contribution in [-0.4, -0.2) is 46.9 Å². The molecule has 2 saturated heterocycles. The fourth-order valence-electron chi connectivity index (χ4n) is 4.71. The predicted molar refractivity (Wildman–Crippen MR) is 108 cm³/mol. The Morgan fingerprint density at radius 2 is 2.04 bits per heavy atom. The number of nitrogens with zero attached hydrogens (tertiary/aromatic N) is 4. The molecule has 0 N–H and O–H groups in total. The molecular formula is C23H26N4O. The molecule has 144 valence electrons. The molecule has 5 heteroatoms. The van der Waals surface area contributed by atoms with E-state index in [1.165, 1.54) is 6.42 Å². The van der Waals surface area contributed by atoms with Crippen molar-refractivity contribution < 1.29 is 4.79 Å². The zero-order valence-corrected chi connectivity index (χ0v) is 16.4. The molecule has 1 aromatic heterocycles. The van der Waals surface area contributed by atoms with Gasteiger partial charge in [0, 0.05) is 42.9 Å². The number of likely N-dealkylation sites (tertiary alicyclic amines) is 2. The van der Waals surface area contributed by atoms with Crippen LogP contribution in [0, 0.1) is 23.7 Å². The first kappa shape index (κ1) is 18.6. The van der Waals surface area contributed by atoms with Crippen molar-refractivity contribution in [3.63, 3.8) is 0 Å². The van der Waals surface area contributed by atoms with Gasteiger partial charge < -0.3 is 4.90 Å². The van der Waals surface area contributed by atoms with Crippen LogP contribution in [0.5, 0.6) is 0 Å². The summed E-state index contributed by atoms with van der Waals surface area (Å²) in [6, 6.07) is 15.4. The number of hydrogen-bond acceptors (Lipinski definition) is 4. The van der Waals surface area contributed by atoms with Gasteiger partial charge in [-0.25, -0.2) is 0 Å². The van der Waals surface area contributed by atoms with Crippen LogP contribution in [0.4, 0.5) is 0 Å². The SMILES string of the molecule is Cc1cccc(CN2CCCC3(CCN(C(=O)c4cccc(C#N)c4)C3)C2)n1. The average Bonchev–Trinajstić information content (AvgIpc) is 3.10. The number of carbonyl (C=O) groups is 1. The van der Waals surface area contributed by atoms with E-state index in [9.17, 15) is 4.79 Å². The van der Waals surface area contributed by atoms with Gasteiger partial charge in [-0.2, -0.15) is 5.26 Å². The normalized spacial score (nSPS) is 22.4. The van der Waals surface area contributed by atoms with Gasteiger partial charge in [0.2, 0.25) is 0 Å². The van der Waals surface area contributed by atoms with E-state index in [2.05, 4.69) is 28.1 Å². The van der Waals surface area contributed by atoms with Crippen LogP contribution in [0.15, 0.2) is 42.5 Å². The van der Waals surface area contributed by atoms with Gasteiger partial charge in [0.1, 0.15) is 0 Å². The summed E-state index contributed by atoms with van der Waals surface area (Å²) in [5, 5.41) is 9.09. The van der Waals surface area contributed by atoms with Crippen LogP contribution in [0.25, 0.3) is 0 Å². The number of aromatic nitrogens is 1. The lowest BCUT2D eigenvalue weighted by atomic mass is 9.79. The molecule has 1 spiro atoms. The molecule has 2 fully saturated rings. The van der Waals surface area contributed by atoms with Crippen LogP contribution >= 0.6 is 0 Å². The molecule has 1 unspecified atom stereocenters. The highest BCUT2D eigenvalue weighted by molar-refractivity contribution is 5.94. The maximum atomic E-state index is 12.9. The Morgan fingerprint density at radius 1 is 1.18 bits per heavy atom. The molecule has 2 aliphatic heterocycles. The molecule has 3 heterocycles. The lowest BCUT2D eigenvalue weighted by molar-refractivity contribution is 0.0672. The number of piperidine rings is 1. The number of amides is 1. The van der Waals surface area contributed by atoms with Gasteiger partial charge >= 0.3 is 0 Å². The van der Waals surface area contributed by atoms with E-state index in [4.69, 9.17) is 5.26 Å². The third-order valence-corrected chi connectivity index (χ3v) is 6.04. The van der Waals surface area contributed by atoms with E-state index in [0.717, 1.165) is 57.0 Å². The molecule has 1 atom stereocenters. The van der Waals surface area contributed by atoms with E-state index < -0.39 is 0 Å². The Bertz CT molecular complexity index is 919. The van der Waals surface area contributed by atoms with E-state index in [1.807, 2.05) is 24.0 Å². The second kappa shape index (κ2) is 7.73. The summed E-state index contributed by atoms with van der Waals surface area (Å²) in [6.45, 7) is 6.62. The van der Waals surface area contributed by atoms with Crippen LogP contribution in [0.3, 0.4) is 0 Å².